The maximum atomic E-state index is 12.4. The molecule has 0 aliphatic rings. The van der Waals surface area contributed by atoms with Gasteiger partial charge in [0.05, 0.1) is 10.3 Å². The second-order valence-electron chi connectivity index (χ2n) is 4.46. The van der Waals surface area contributed by atoms with Gasteiger partial charge in [-0.2, -0.15) is 0 Å². The zero-order valence-corrected chi connectivity index (χ0v) is 11.9. The van der Waals surface area contributed by atoms with Crippen molar-refractivity contribution in [3.8, 4) is 0 Å². The van der Waals surface area contributed by atoms with Crippen LogP contribution in [0.1, 0.15) is 11.4 Å². The Balaban J connectivity index is 2.07. The molecule has 0 fully saturated rings. The topological polar surface area (TPSA) is 56.0 Å². The molecule has 0 amide bonds. The Morgan fingerprint density at radius 1 is 1.10 bits per heavy atom. The Morgan fingerprint density at radius 3 is 2.55 bits per heavy atom. The van der Waals surface area contributed by atoms with Crippen molar-refractivity contribution >= 4 is 22.7 Å². The molecular formula is C15H12N2O2S. The maximum absolute atomic E-state index is 12.4. The number of aromatic nitrogens is 2. The van der Waals surface area contributed by atoms with E-state index >= 15 is 0 Å². The minimum absolute atomic E-state index is 0.0559. The van der Waals surface area contributed by atoms with E-state index in [2.05, 4.69) is 9.97 Å². The zero-order valence-electron chi connectivity index (χ0n) is 11.1. The highest BCUT2D eigenvalue weighted by Gasteiger charge is 2.10. The lowest BCUT2D eigenvalue weighted by Gasteiger charge is -2.03. The molecule has 0 unspecified atom stereocenters. The van der Waals surface area contributed by atoms with E-state index in [-0.39, 0.29) is 5.43 Å². The maximum Gasteiger partial charge on any atom is 0.206 e. The van der Waals surface area contributed by atoms with Gasteiger partial charge in [-0.1, -0.05) is 12.1 Å². The fourth-order valence-electron chi connectivity index (χ4n) is 1.97. The SMILES string of the molecule is Cc1cc(C)nc(Sc2coc3ccccc3c2=O)n1. The number of hydrogen-bond donors (Lipinski definition) is 0. The van der Waals surface area contributed by atoms with Gasteiger partial charge < -0.3 is 4.42 Å². The number of aryl methyl sites for hydroxylation is 2. The van der Waals surface area contributed by atoms with Crippen LogP contribution in [0.25, 0.3) is 11.0 Å². The van der Waals surface area contributed by atoms with Gasteiger partial charge in [-0.05, 0) is 43.8 Å². The zero-order chi connectivity index (χ0) is 14.1. The molecule has 0 N–H and O–H groups in total. The smallest absolute Gasteiger partial charge is 0.206 e. The largest absolute Gasteiger partial charge is 0.463 e. The molecule has 2 heterocycles. The molecule has 0 radical (unpaired) electrons. The summed E-state index contributed by atoms with van der Waals surface area (Å²) >= 11 is 1.23. The normalized spacial score (nSPS) is 10.9. The van der Waals surface area contributed by atoms with Gasteiger partial charge in [0, 0.05) is 11.4 Å². The van der Waals surface area contributed by atoms with Crippen LogP contribution < -0.4 is 5.43 Å². The first kappa shape index (κ1) is 12.9. The van der Waals surface area contributed by atoms with Crippen molar-refractivity contribution in [1.82, 2.24) is 9.97 Å². The molecule has 3 aromatic rings. The predicted molar refractivity (Wildman–Crippen MR) is 78.1 cm³/mol. The van der Waals surface area contributed by atoms with Crippen molar-refractivity contribution < 1.29 is 4.42 Å². The molecule has 0 saturated carbocycles. The van der Waals surface area contributed by atoms with E-state index in [9.17, 15) is 4.79 Å². The van der Waals surface area contributed by atoms with Gasteiger partial charge in [0.1, 0.15) is 11.8 Å². The van der Waals surface area contributed by atoms with Crippen LogP contribution in [0.2, 0.25) is 0 Å². The molecule has 20 heavy (non-hydrogen) atoms. The third-order valence-electron chi connectivity index (χ3n) is 2.81. The van der Waals surface area contributed by atoms with Crippen LogP contribution in [0.5, 0.6) is 0 Å². The summed E-state index contributed by atoms with van der Waals surface area (Å²) < 4.78 is 5.48. The third-order valence-corrected chi connectivity index (χ3v) is 3.68. The average molecular weight is 284 g/mol. The van der Waals surface area contributed by atoms with Gasteiger partial charge in [-0.25, -0.2) is 9.97 Å². The molecule has 100 valence electrons. The molecule has 2 aromatic heterocycles. The first-order chi connectivity index (χ1) is 9.63. The van der Waals surface area contributed by atoms with E-state index in [0.29, 0.717) is 21.0 Å². The van der Waals surface area contributed by atoms with Gasteiger partial charge in [0.25, 0.3) is 0 Å². The minimum atomic E-state index is -0.0559. The number of nitrogens with zero attached hydrogens (tertiary/aromatic N) is 2. The molecule has 0 spiro atoms. The van der Waals surface area contributed by atoms with Crippen LogP contribution in [-0.2, 0) is 0 Å². The standard InChI is InChI=1S/C15H12N2O2S/c1-9-7-10(2)17-15(16-9)20-13-8-19-12-6-4-3-5-11(12)14(13)18/h3-8H,1-2H3. The van der Waals surface area contributed by atoms with Crippen LogP contribution in [0.4, 0.5) is 0 Å². The van der Waals surface area contributed by atoms with E-state index in [1.807, 2.05) is 32.0 Å². The van der Waals surface area contributed by atoms with Gasteiger partial charge in [0.15, 0.2) is 5.16 Å². The van der Waals surface area contributed by atoms with Crippen LogP contribution in [0, 0.1) is 13.8 Å². The lowest BCUT2D eigenvalue weighted by Crippen LogP contribution is -2.04. The Bertz CT molecular complexity index is 822. The highest BCUT2D eigenvalue weighted by Crippen LogP contribution is 2.24. The number of fused-ring (bicyclic) bond motifs is 1. The molecule has 0 aliphatic heterocycles. The third kappa shape index (κ3) is 2.44. The van der Waals surface area contributed by atoms with Crippen molar-refractivity contribution in [2.75, 3.05) is 0 Å². The predicted octanol–water partition coefficient (Wildman–Crippen LogP) is 3.35. The molecular weight excluding hydrogens is 272 g/mol. The van der Waals surface area contributed by atoms with Crippen LogP contribution in [0.3, 0.4) is 0 Å². The molecule has 5 heteroatoms. The summed E-state index contributed by atoms with van der Waals surface area (Å²) in [5, 5.41) is 1.13. The molecule has 0 bridgehead atoms. The monoisotopic (exact) mass is 284 g/mol. The van der Waals surface area contributed by atoms with E-state index in [1.165, 1.54) is 18.0 Å². The number of benzene rings is 1. The second kappa shape index (κ2) is 5.09. The van der Waals surface area contributed by atoms with Crippen LogP contribution in [-0.4, -0.2) is 9.97 Å². The Kier molecular flexibility index (Phi) is 3.28. The summed E-state index contributed by atoms with van der Waals surface area (Å²) in [6, 6.07) is 9.09. The minimum Gasteiger partial charge on any atom is -0.463 e. The van der Waals surface area contributed by atoms with E-state index in [4.69, 9.17) is 4.42 Å². The number of rotatable bonds is 2. The van der Waals surface area contributed by atoms with E-state index in [0.717, 1.165) is 11.4 Å². The summed E-state index contributed by atoms with van der Waals surface area (Å²) in [6.45, 7) is 3.81. The molecule has 4 nitrogen and oxygen atoms in total. The lowest BCUT2D eigenvalue weighted by atomic mass is 10.2. The van der Waals surface area contributed by atoms with Crippen molar-refractivity contribution in [3.05, 3.63) is 58.2 Å². The fraction of sp³-hybridized carbons (Fsp3) is 0.133. The van der Waals surface area contributed by atoms with Crippen LogP contribution in [0.15, 0.2) is 55.9 Å². The van der Waals surface area contributed by atoms with E-state index in [1.54, 1.807) is 12.1 Å². The molecule has 0 aliphatic carbocycles. The van der Waals surface area contributed by atoms with Crippen molar-refractivity contribution in [1.29, 1.82) is 0 Å². The Morgan fingerprint density at radius 2 is 1.80 bits per heavy atom. The van der Waals surface area contributed by atoms with Gasteiger partial charge >= 0.3 is 0 Å². The molecule has 3 rings (SSSR count). The second-order valence-corrected chi connectivity index (χ2v) is 5.47. The van der Waals surface area contributed by atoms with Crippen molar-refractivity contribution in [2.45, 2.75) is 23.9 Å². The highest BCUT2D eigenvalue weighted by molar-refractivity contribution is 7.99. The molecule has 1 aromatic carbocycles. The molecule has 0 saturated heterocycles. The quantitative estimate of drug-likeness (QED) is 0.675. The first-order valence-corrected chi connectivity index (χ1v) is 6.96. The summed E-state index contributed by atoms with van der Waals surface area (Å²) in [7, 11) is 0. The van der Waals surface area contributed by atoms with Gasteiger partial charge in [-0.15, -0.1) is 0 Å². The summed E-state index contributed by atoms with van der Waals surface area (Å²) in [4.78, 5) is 21.5. The highest BCUT2D eigenvalue weighted by atomic mass is 32.2. The Hall–Kier alpha value is -2.14. The number of hydrogen-bond acceptors (Lipinski definition) is 5. The lowest BCUT2D eigenvalue weighted by molar-refractivity contribution is 0.587. The average Bonchev–Trinajstić information content (AvgIpc) is 2.41. The summed E-state index contributed by atoms with van der Waals surface area (Å²) in [5.74, 6) is 0. The fourth-order valence-corrected chi connectivity index (χ4v) is 2.84. The molecule has 0 atom stereocenters. The van der Waals surface area contributed by atoms with Crippen molar-refractivity contribution in [2.24, 2.45) is 0 Å². The van der Waals surface area contributed by atoms with Gasteiger partial charge in [0.2, 0.25) is 5.43 Å². The van der Waals surface area contributed by atoms with Gasteiger partial charge in [-0.3, -0.25) is 4.79 Å². The van der Waals surface area contributed by atoms with Crippen molar-refractivity contribution in [3.63, 3.8) is 0 Å². The summed E-state index contributed by atoms with van der Waals surface area (Å²) in [6.07, 6.45) is 1.47. The summed E-state index contributed by atoms with van der Waals surface area (Å²) in [5.41, 5.74) is 2.29. The van der Waals surface area contributed by atoms with Crippen LogP contribution >= 0.6 is 11.8 Å². The number of para-hydroxylation sites is 1. The Labute approximate surface area is 119 Å². The first-order valence-electron chi connectivity index (χ1n) is 6.14. The van der Waals surface area contributed by atoms with E-state index < -0.39 is 0 Å².